The van der Waals surface area contributed by atoms with Gasteiger partial charge in [-0.1, -0.05) is 25.1 Å². The van der Waals surface area contributed by atoms with Gasteiger partial charge in [-0.3, -0.25) is 4.79 Å². The van der Waals surface area contributed by atoms with E-state index in [1.54, 1.807) is 12.1 Å². The lowest BCUT2D eigenvalue weighted by Crippen LogP contribution is -2.37. The van der Waals surface area contributed by atoms with Gasteiger partial charge in [0.25, 0.3) is 0 Å². The van der Waals surface area contributed by atoms with Gasteiger partial charge in [0.1, 0.15) is 5.75 Å². The summed E-state index contributed by atoms with van der Waals surface area (Å²) in [6.07, 6.45) is 5.67. The SMILES string of the molecule is CC1CCC(NC(=O)CCc2ccccc2O)CC1. The first-order valence-corrected chi connectivity index (χ1v) is 7.21. The van der Waals surface area contributed by atoms with Crippen LogP contribution < -0.4 is 5.32 Å². The van der Waals surface area contributed by atoms with E-state index in [2.05, 4.69) is 12.2 Å². The minimum Gasteiger partial charge on any atom is -0.508 e. The molecule has 1 aliphatic carbocycles. The number of benzene rings is 1. The lowest BCUT2D eigenvalue weighted by atomic mass is 9.87. The summed E-state index contributed by atoms with van der Waals surface area (Å²) in [6.45, 7) is 2.27. The Morgan fingerprint density at radius 1 is 1.26 bits per heavy atom. The van der Waals surface area contributed by atoms with Crippen molar-refractivity contribution < 1.29 is 9.90 Å². The number of para-hydroxylation sites is 1. The van der Waals surface area contributed by atoms with E-state index in [0.29, 0.717) is 18.9 Å². The van der Waals surface area contributed by atoms with Gasteiger partial charge < -0.3 is 10.4 Å². The summed E-state index contributed by atoms with van der Waals surface area (Å²) in [7, 11) is 0. The molecule has 0 atom stereocenters. The topological polar surface area (TPSA) is 49.3 Å². The predicted octanol–water partition coefficient (Wildman–Crippen LogP) is 3.02. The quantitative estimate of drug-likeness (QED) is 0.875. The maximum atomic E-state index is 11.9. The van der Waals surface area contributed by atoms with E-state index < -0.39 is 0 Å². The molecule has 0 aliphatic heterocycles. The van der Waals surface area contributed by atoms with Gasteiger partial charge in [0.15, 0.2) is 0 Å². The Bertz CT molecular complexity index is 423. The number of aromatic hydroxyl groups is 1. The van der Waals surface area contributed by atoms with E-state index in [1.165, 1.54) is 12.8 Å². The Balaban J connectivity index is 1.74. The minimum atomic E-state index is 0.0998. The van der Waals surface area contributed by atoms with E-state index in [1.807, 2.05) is 12.1 Å². The van der Waals surface area contributed by atoms with E-state index in [-0.39, 0.29) is 11.7 Å². The zero-order valence-corrected chi connectivity index (χ0v) is 11.6. The van der Waals surface area contributed by atoms with Crippen molar-refractivity contribution in [1.82, 2.24) is 5.32 Å². The molecule has 3 heteroatoms. The van der Waals surface area contributed by atoms with Crippen LogP contribution >= 0.6 is 0 Å². The molecule has 1 aromatic rings. The lowest BCUT2D eigenvalue weighted by Gasteiger charge is -2.26. The summed E-state index contributed by atoms with van der Waals surface area (Å²) in [4.78, 5) is 11.9. The van der Waals surface area contributed by atoms with Crippen LogP contribution in [0.25, 0.3) is 0 Å². The normalized spacial score (nSPS) is 23.0. The number of carbonyl (C=O) groups is 1. The van der Waals surface area contributed by atoms with Crippen molar-refractivity contribution in [3.63, 3.8) is 0 Å². The Hall–Kier alpha value is -1.51. The third-order valence-electron chi connectivity index (χ3n) is 3.99. The largest absolute Gasteiger partial charge is 0.508 e. The van der Waals surface area contributed by atoms with Gasteiger partial charge in [-0.15, -0.1) is 0 Å². The number of phenolic OH excluding ortho intramolecular Hbond substituents is 1. The molecule has 2 rings (SSSR count). The van der Waals surface area contributed by atoms with Gasteiger partial charge in [0.05, 0.1) is 0 Å². The van der Waals surface area contributed by atoms with Crippen LogP contribution in [0.1, 0.15) is 44.6 Å². The van der Waals surface area contributed by atoms with Gasteiger partial charge in [0.2, 0.25) is 5.91 Å². The lowest BCUT2D eigenvalue weighted by molar-refractivity contribution is -0.122. The highest BCUT2D eigenvalue weighted by Crippen LogP contribution is 2.23. The molecule has 1 aliphatic rings. The molecule has 19 heavy (non-hydrogen) atoms. The number of hydrogen-bond acceptors (Lipinski definition) is 2. The molecule has 0 radical (unpaired) electrons. The van der Waals surface area contributed by atoms with Gasteiger partial charge in [-0.25, -0.2) is 0 Å². The van der Waals surface area contributed by atoms with Gasteiger partial charge in [-0.2, -0.15) is 0 Å². The fraction of sp³-hybridized carbons (Fsp3) is 0.562. The third-order valence-corrected chi connectivity index (χ3v) is 3.99. The summed E-state index contributed by atoms with van der Waals surface area (Å²) < 4.78 is 0. The standard InChI is InChI=1S/C16H23NO2/c1-12-6-9-14(10-7-12)17-16(19)11-8-13-4-2-3-5-15(13)18/h2-5,12,14,18H,6-11H2,1H3,(H,17,19). The van der Waals surface area contributed by atoms with Crippen LogP contribution in [0.2, 0.25) is 0 Å². The number of aryl methyl sites for hydroxylation is 1. The summed E-state index contributed by atoms with van der Waals surface area (Å²) in [6, 6.07) is 7.56. The van der Waals surface area contributed by atoms with Crippen LogP contribution in [0.15, 0.2) is 24.3 Å². The molecule has 0 bridgehead atoms. The molecule has 3 nitrogen and oxygen atoms in total. The molecule has 1 fully saturated rings. The summed E-state index contributed by atoms with van der Waals surface area (Å²) in [5, 5.41) is 12.8. The molecular formula is C16H23NO2. The van der Waals surface area contributed by atoms with Crippen LogP contribution in [0.5, 0.6) is 5.75 Å². The number of amides is 1. The highest BCUT2D eigenvalue weighted by Gasteiger charge is 2.19. The molecule has 1 saturated carbocycles. The third kappa shape index (κ3) is 4.27. The van der Waals surface area contributed by atoms with Crippen LogP contribution in [-0.2, 0) is 11.2 Å². The summed E-state index contributed by atoms with van der Waals surface area (Å²) in [5.41, 5.74) is 0.843. The monoisotopic (exact) mass is 261 g/mol. The average molecular weight is 261 g/mol. The Kier molecular flexibility index (Phi) is 4.83. The Morgan fingerprint density at radius 2 is 1.95 bits per heavy atom. The number of phenols is 1. The van der Waals surface area contributed by atoms with E-state index in [0.717, 1.165) is 24.3 Å². The first kappa shape index (κ1) is 13.9. The predicted molar refractivity (Wildman–Crippen MR) is 76.0 cm³/mol. The fourth-order valence-corrected chi connectivity index (χ4v) is 2.67. The van der Waals surface area contributed by atoms with E-state index in [4.69, 9.17) is 0 Å². The second-order valence-electron chi connectivity index (χ2n) is 5.65. The molecule has 1 amide bonds. The highest BCUT2D eigenvalue weighted by molar-refractivity contribution is 5.76. The molecule has 0 saturated heterocycles. The molecule has 2 N–H and O–H groups in total. The van der Waals surface area contributed by atoms with Crippen LogP contribution in [0.4, 0.5) is 0 Å². The first-order valence-electron chi connectivity index (χ1n) is 7.21. The number of nitrogens with one attached hydrogen (secondary N) is 1. The summed E-state index contributed by atoms with van der Waals surface area (Å²) in [5.74, 6) is 1.18. The van der Waals surface area contributed by atoms with Crippen molar-refractivity contribution in [2.45, 2.75) is 51.5 Å². The van der Waals surface area contributed by atoms with Crippen LogP contribution in [0, 0.1) is 5.92 Å². The van der Waals surface area contributed by atoms with Crippen molar-refractivity contribution in [2.75, 3.05) is 0 Å². The van der Waals surface area contributed by atoms with Crippen molar-refractivity contribution in [3.8, 4) is 5.75 Å². The maximum absolute atomic E-state index is 11.9. The second-order valence-corrected chi connectivity index (χ2v) is 5.65. The van der Waals surface area contributed by atoms with Gasteiger partial charge in [-0.05, 0) is 49.7 Å². The Labute approximate surface area is 115 Å². The second kappa shape index (κ2) is 6.60. The first-order chi connectivity index (χ1) is 9.15. The van der Waals surface area contributed by atoms with E-state index >= 15 is 0 Å². The van der Waals surface area contributed by atoms with Gasteiger partial charge >= 0.3 is 0 Å². The number of hydrogen-bond donors (Lipinski definition) is 2. The zero-order valence-electron chi connectivity index (χ0n) is 11.6. The van der Waals surface area contributed by atoms with Crippen molar-refractivity contribution in [1.29, 1.82) is 0 Å². The molecule has 0 spiro atoms. The molecule has 0 unspecified atom stereocenters. The molecular weight excluding hydrogens is 238 g/mol. The number of carbonyl (C=O) groups excluding carboxylic acids is 1. The molecule has 0 heterocycles. The highest BCUT2D eigenvalue weighted by atomic mass is 16.3. The summed E-state index contributed by atoms with van der Waals surface area (Å²) >= 11 is 0. The Morgan fingerprint density at radius 3 is 2.63 bits per heavy atom. The van der Waals surface area contributed by atoms with Crippen molar-refractivity contribution in [2.24, 2.45) is 5.92 Å². The van der Waals surface area contributed by atoms with E-state index in [9.17, 15) is 9.90 Å². The van der Waals surface area contributed by atoms with Gasteiger partial charge in [0, 0.05) is 12.5 Å². The van der Waals surface area contributed by atoms with Crippen LogP contribution in [-0.4, -0.2) is 17.1 Å². The van der Waals surface area contributed by atoms with Crippen LogP contribution in [0.3, 0.4) is 0 Å². The maximum Gasteiger partial charge on any atom is 0.220 e. The number of rotatable bonds is 4. The zero-order chi connectivity index (χ0) is 13.7. The fourth-order valence-electron chi connectivity index (χ4n) is 2.67. The molecule has 1 aromatic carbocycles. The van der Waals surface area contributed by atoms with Crippen molar-refractivity contribution >= 4 is 5.91 Å². The minimum absolute atomic E-state index is 0.0998. The molecule has 0 aromatic heterocycles. The van der Waals surface area contributed by atoms with Crippen molar-refractivity contribution in [3.05, 3.63) is 29.8 Å². The molecule has 104 valence electrons. The smallest absolute Gasteiger partial charge is 0.220 e. The average Bonchev–Trinajstić information content (AvgIpc) is 2.40.